The Hall–Kier alpha value is -1.65. The Kier molecular flexibility index (Phi) is 4.14. The summed E-state index contributed by atoms with van der Waals surface area (Å²) in [5, 5.41) is 3.26. The van der Waals surface area contributed by atoms with Crippen molar-refractivity contribution in [3.05, 3.63) is 42.3 Å². The molecular weight excluding hydrogens is 250 g/mol. The first-order valence-electron chi connectivity index (χ1n) is 7.22. The highest BCUT2D eigenvalue weighted by Gasteiger charge is 2.22. The highest BCUT2D eigenvalue weighted by atomic mass is 16.3. The number of nitrogens with zero attached hydrogens (tertiary/aromatic N) is 2. The molecule has 1 N–H and O–H groups in total. The van der Waals surface area contributed by atoms with Crippen LogP contribution in [0.3, 0.4) is 0 Å². The highest BCUT2D eigenvalue weighted by Crippen LogP contribution is 2.21. The third-order valence-electron chi connectivity index (χ3n) is 3.82. The molecule has 106 valence electrons. The zero-order valence-electron chi connectivity index (χ0n) is 11.9. The number of rotatable bonds is 5. The van der Waals surface area contributed by atoms with Crippen LogP contribution in [0.5, 0.6) is 0 Å². The van der Waals surface area contributed by atoms with Gasteiger partial charge in [0.05, 0.1) is 5.69 Å². The van der Waals surface area contributed by atoms with Gasteiger partial charge in [-0.05, 0) is 44.6 Å². The Labute approximate surface area is 119 Å². The molecule has 1 aliphatic rings. The minimum atomic E-state index is 0.714. The first-order chi connectivity index (χ1) is 9.85. The fourth-order valence-electron chi connectivity index (χ4n) is 2.83. The second kappa shape index (κ2) is 6.20. The SMILES string of the molecule is CNCC1CCN(Cc2coc(-c3ccccc3)n2)C1. The Balaban J connectivity index is 1.61. The fraction of sp³-hybridized carbons (Fsp3) is 0.438. The van der Waals surface area contributed by atoms with Crippen molar-refractivity contribution in [3.63, 3.8) is 0 Å². The van der Waals surface area contributed by atoms with Gasteiger partial charge in [-0.2, -0.15) is 0 Å². The van der Waals surface area contributed by atoms with E-state index >= 15 is 0 Å². The quantitative estimate of drug-likeness (QED) is 0.906. The van der Waals surface area contributed by atoms with Crippen LogP contribution in [0.4, 0.5) is 0 Å². The van der Waals surface area contributed by atoms with Crippen molar-refractivity contribution < 1.29 is 4.42 Å². The van der Waals surface area contributed by atoms with Gasteiger partial charge in [-0.15, -0.1) is 0 Å². The van der Waals surface area contributed by atoms with Gasteiger partial charge >= 0.3 is 0 Å². The van der Waals surface area contributed by atoms with Gasteiger partial charge in [0, 0.05) is 18.7 Å². The molecule has 3 rings (SSSR count). The molecule has 0 amide bonds. The number of nitrogens with one attached hydrogen (secondary N) is 1. The van der Waals surface area contributed by atoms with Crippen LogP contribution in [-0.2, 0) is 6.54 Å². The van der Waals surface area contributed by atoms with Crippen molar-refractivity contribution >= 4 is 0 Å². The molecule has 20 heavy (non-hydrogen) atoms. The number of likely N-dealkylation sites (tertiary alicyclic amines) is 1. The summed E-state index contributed by atoms with van der Waals surface area (Å²) in [4.78, 5) is 7.04. The summed E-state index contributed by atoms with van der Waals surface area (Å²) in [6.07, 6.45) is 3.05. The topological polar surface area (TPSA) is 41.3 Å². The molecular formula is C16H21N3O. The molecule has 2 aromatic rings. The lowest BCUT2D eigenvalue weighted by atomic mass is 10.1. The molecule has 1 atom stereocenters. The Bertz CT molecular complexity index is 538. The first kappa shape index (κ1) is 13.3. The molecule has 0 aliphatic carbocycles. The zero-order valence-corrected chi connectivity index (χ0v) is 11.9. The molecule has 4 heteroatoms. The van der Waals surface area contributed by atoms with E-state index in [9.17, 15) is 0 Å². The monoisotopic (exact) mass is 271 g/mol. The van der Waals surface area contributed by atoms with Crippen LogP contribution >= 0.6 is 0 Å². The zero-order chi connectivity index (χ0) is 13.8. The summed E-state index contributed by atoms with van der Waals surface area (Å²) in [5.41, 5.74) is 2.06. The van der Waals surface area contributed by atoms with E-state index in [0.717, 1.165) is 43.4 Å². The van der Waals surface area contributed by atoms with Gasteiger partial charge in [0.15, 0.2) is 0 Å². The third-order valence-corrected chi connectivity index (χ3v) is 3.82. The molecule has 1 aliphatic heterocycles. The molecule has 0 spiro atoms. The fourth-order valence-corrected chi connectivity index (χ4v) is 2.83. The van der Waals surface area contributed by atoms with Crippen LogP contribution in [-0.4, -0.2) is 36.6 Å². The molecule has 4 nitrogen and oxygen atoms in total. The van der Waals surface area contributed by atoms with E-state index in [4.69, 9.17) is 4.42 Å². The predicted molar refractivity (Wildman–Crippen MR) is 79.2 cm³/mol. The minimum Gasteiger partial charge on any atom is -0.444 e. The van der Waals surface area contributed by atoms with Crippen LogP contribution in [0.15, 0.2) is 41.0 Å². The summed E-state index contributed by atoms with van der Waals surface area (Å²) in [7, 11) is 2.02. The Morgan fingerprint density at radius 1 is 1.35 bits per heavy atom. The van der Waals surface area contributed by atoms with E-state index in [2.05, 4.69) is 15.2 Å². The van der Waals surface area contributed by atoms with Crippen LogP contribution < -0.4 is 5.32 Å². The molecule has 0 bridgehead atoms. The van der Waals surface area contributed by atoms with E-state index in [1.807, 2.05) is 37.4 Å². The van der Waals surface area contributed by atoms with Gasteiger partial charge in [-0.25, -0.2) is 4.98 Å². The number of aromatic nitrogens is 1. The van der Waals surface area contributed by atoms with E-state index < -0.39 is 0 Å². The van der Waals surface area contributed by atoms with Gasteiger partial charge in [0.2, 0.25) is 5.89 Å². The van der Waals surface area contributed by atoms with Crippen LogP contribution in [0.2, 0.25) is 0 Å². The Morgan fingerprint density at radius 3 is 3.00 bits per heavy atom. The van der Waals surface area contributed by atoms with Gasteiger partial charge in [-0.1, -0.05) is 18.2 Å². The molecule has 1 aromatic carbocycles. The summed E-state index contributed by atoms with van der Waals surface area (Å²) in [6.45, 7) is 4.29. The number of oxazole rings is 1. The number of hydrogen-bond acceptors (Lipinski definition) is 4. The maximum absolute atomic E-state index is 5.59. The lowest BCUT2D eigenvalue weighted by Crippen LogP contribution is -2.24. The lowest BCUT2D eigenvalue weighted by molar-refractivity contribution is 0.311. The maximum atomic E-state index is 5.59. The van der Waals surface area contributed by atoms with Crippen molar-refractivity contribution in [2.75, 3.05) is 26.7 Å². The van der Waals surface area contributed by atoms with Gasteiger partial charge < -0.3 is 9.73 Å². The predicted octanol–water partition coefficient (Wildman–Crippen LogP) is 2.38. The number of hydrogen-bond donors (Lipinski definition) is 1. The molecule has 1 unspecified atom stereocenters. The second-order valence-electron chi connectivity index (χ2n) is 5.46. The average Bonchev–Trinajstić information content (AvgIpc) is 3.11. The van der Waals surface area contributed by atoms with Gasteiger partial charge in [-0.3, -0.25) is 4.90 Å². The maximum Gasteiger partial charge on any atom is 0.226 e. The minimum absolute atomic E-state index is 0.714. The van der Waals surface area contributed by atoms with Crippen molar-refractivity contribution in [1.82, 2.24) is 15.2 Å². The molecule has 1 fully saturated rings. The molecule has 2 heterocycles. The molecule has 0 radical (unpaired) electrons. The van der Waals surface area contributed by atoms with Gasteiger partial charge in [0.25, 0.3) is 0 Å². The van der Waals surface area contributed by atoms with E-state index in [-0.39, 0.29) is 0 Å². The summed E-state index contributed by atoms with van der Waals surface area (Å²) in [5.74, 6) is 1.48. The van der Waals surface area contributed by atoms with E-state index in [0.29, 0.717) is 5.89 Å². The average molecular weight is 271 g/mol. The lowest BCUT2D eigenvalue weighted by Gasteiger charge is -2.13. The van der Waals surface area contributed by atoms with Crippen LogP contribution in [0.1, 0.15) is 12.1 Å². The van der Waals surface area contributed by atoms with E-state index in [1.54, 1.807) is 6.26 Å². The highest BCUT2D eigenvalue weighted by molar-refractivity contribution is 5.52. The van der Waals surface area contributed by atoms with Crippen molar-refractivity contribution in [2.24, 2.45) is 5.92 Å². The summed E-state index contributed by atoms with van der Waals surface area (Å²) >= 11 is 0. The van der Waals surface area contributed by atoms with Crippen molar-refractivity contribution in [1.29, 1.82) is 0 Å². The second-order valence-corrected chi connectivity index (χ2v) is 5.46. The Morgan fingerprint density at radius 2 is 2.20 bits per heavy atom. The van der Waals surface area contributed by atoms with Crippen LogP contribution in [0.25, 0.3) is 11.5 Å². The molecule has 0 saturated carbocycles. The molecule has 1 saturated heterocycles. The number of benzene rings is 1. The van der Waals surface area contributed by atoms with Crippen molar-refractivity contribution in [3.8, 4) is 11.5 Å². The van der Waals surface area contributed by atoms with Crippen molar-refractivity contribution in [2.45, 2.75) is 13.0 Å². The smallest absolute Gasteiger partial charge is 0.226 e. The first-order valence-corrected chi connectivity index (χ1v) is 7.22. The van der Waals surface area contributed by atoms with Gasteiger partial charge in [0.1, 0.15) is 6.26 Å². The normalized spacial score (nSPS) is 19.6. The van der Waals surface area contributed by atoms with E-state index in [1.165, 1.54) is 6.42 Å². The van der Waals surface area contributed by atoms with Crippen LogP contribution in [0, 0.1) is 5.92 Å². The standard InChI is InChI=1S/C16H21N3O/c1-17-9-13-7-8-19(10-13)11-15-12-20-16(18-15)14-5-3-2-4-6-14/h2-6,12-13,17H,7-11H2,1H3. The molecule has 1 aromatic heterocycles. The third kappa shape index (κ3) is 3.08. The largest absolute Gasteiger partial charge is 0.444 e. The summed E-state index contributed by atoms with van der Waals surface area (Å²) < 4.78 is 5.59. The summed E-state index contributed by atoms with van der Waals surface area (Å²) in [6, 6.07) is 10.0.